The smallest absolute Gasteiger partial charge is 0.335 e. The van der Waals surface area contributed by atoms with Crippen LogP contribution in [0.4, 0.5) is 0 Å². The summed E-state index contributed by atoms with van der Waals surface area (Å²) in [5.41, 5.74) is 6.91. The summed E-state index contributed by atoms with van der Waals surface area (Å²) in [5.74, 6) is -0.0766. The van der Waals surface area contributed by atoms with Gasteiger partial charge in [-0.1, -0.05) is 70.2 Å². The van der Waals surface area contributed by atoms with Gasteiger partial charge in [-0.05, 0) is 75.8 Å². The van der Waals surface area contributed by atoms with E-state index in [4.69, 9.17) is 4.74 Å². The Balaban J connectivity index is 1.87. The molecule has 0 fully saturated rings. The van der Waals surface area contributed by atoms with Gasteiger partial charge in [0.05, 0.1) is 12.7 Å². The molecule has 32 heavy (non-hydrogen) atoms. The number of rotatable bonds is 5. The standard InChI is InChI=1S/C29H32O3/c1-28(2)16-17-29(3,4)25-18-22(12-15-24(25)28)26(20-10-13-23(32-5)14-11-20)19-6-8-21(9-7-19)27(30)31/h6-15,18,26H,16-17H2,1-5H3,(H,30,31). The van der Waals surface area contributed by atoms with Gasteiger partial charge in [-0.2, -0.15) is 0 Å². The van der Waals surface area contributed by atoms with E-state index in [0.717, 1.165) is 23.3 Å². The van der Waals surface area contributed by atoms with Crippen molar-refractivity contribution >= 4 is 5.97 Å². The number of hydrogen-bond donors (Lipinski definition) is 1. The lowest BCUT2D eigenvalue weighted by molar-refractivity contribution is 0.0697. The van der Waals surface area contributed by atoms with E-state index >= 15 is 0 Å². The van der Waals surface area contributed by atoms with Crippen molar-refractivity contribution in [2.75, 3.05) is 7.11 Å². The maximum absolute atomic E-state index is 11.4. The topological polar surface area (TPSA) is 46.5 Å². The van der Waals surface area contributed by atoms with Gasteiger partial charge >= 0.3 is 5.97 Å². The largest absolute Gasteiger partial charge is 0.497 e. The molecule has 0 saturated carbocycles. The molecule has 1 aliphatic rings. The minimum atomic E-state index is -0.907. The van der Waals surface area contributed by atoms with Crippen LogP contribution in [0.3, 0.4) is 0 Å². The molecule has 1 aliphatic carbocycles. The normalized spacial score (nSPS) is 17.3. The Labute approximate surface area is 191 Å². The highest BCUT2D eigenvalue weighted by atomic mass is 16.5. The van der Waals surface area contributed by atoms with Gasteiger partial charge in [0.15, 0.2) is 0 Å². The molecule has 1 unspecified atom stereocenters. The number of carboxylic acids is 1. The van der Waals surface area contributed by atoms with Crippen molar-refractivity contribution in [3.8, 4) is 5.75 Å². The van der Waals surface area contributed by atoms with Crippen LogP contribution in [0.15, 0.2) is 66.7 Å². The monoisotopic (exact) mass is 428 g/mol. The number of carbonyl (C=O) groups is 1. The molecule has 0 radical (unpaired) electrons. The zero-order valence-electron chi connectivity index (χ0n) is 19.6. The average Bonchev–Trinajstić information content (AvgIpc) is 2.78. The minimum Gasteiger partial charge on any atom is -0.497 e. The molecule has 0 aliphatic heterocycles. The summed E-state index contributed by atoms with van der Waals surface area (Å²) in [6.45, 7) is 9.36. The Morgan fingerprint density at radius 2 is 1.28 bits per heavy atom. The molecule has 0 bridgehead atoms. The highest BCUT2D eigenvalue weighted by molar-refractivity contribution is 5.87. The van der Waals surface area contributed by atoms with Crippen LogP contribution in [0.5, 0.6) is 5.75 Å². The van der Waals surface area contributed by atoms with Crippen molar-refractivity contribution in [3.05, 3.63) is 100 Å². The Morgan fingerprint density at radius 1 is 0.781 bits per heavy atom. The van der Waals surface area contributed by atoms with E-state index in [2.05, 4.69) is 58.0 Å². The highest BCUT2D eigenvalue weighted by Crippen LogP contribution is 2.47. The summed E-state index contributed by atoms with van der Waals surface area (Å²) in [6.07, 6.45) is 2.35. The number of benzene rings is 3. The van der Waals surface area contributed by atoms with E-state index < -0.39 is 5.97 Å². The molecule has 3 heteroatoms. The molecule has 3 aromatic carbocycles. The molecular formula is C29H32O3. The van der Waals surface area contributed by atoms with Gasteiger partial charge in [0.1, 0.15) is 5.75 Å². The first-order chi connectivity index (χ1) is 15.1. The molecule has 0 heterocycles. The first-order valence-corrected chi connectivity index (χ1v) is 11.2. The third-order valence-electron chi connectivity index (χ3n) is 7.15. The van der Waals surface area contributed by atoms with Crippen LogP contribution in [0, 0.1) is 0 Å². The first kappa shape index (κ1) is 22.1. The number of carboxylic acid groups (broad SMARTS) is 1. The maximum atomic E-state index is 11.4. The summed E-state index contributed by atoms with van der Waals surface area (Å²) in [6, 6.07) is 22.4. The van der Waals surface area contributed by atoms with Crippen molar-refractivity contribution in [2.45, 2.75) is 57.3 Å². The molecule has 4 rings (SSSR count). The lowest BCUT2D eigenvalue weighted by Gasteiger charge is -2.42. The predicted molar refractivity (Wildman–Crippen MR) is 129 cm³/mol. The number of ether oxygens (including phenoxy) is 1. The molecule has 3 nitrogen and oxygen atoms in total. The number of aromatic carboxylic acids is 1. The molecule has 1 N–H and O–H groups in total. The number of methoxy groups -OCH3 is 1. The average molecular weight is 429 g/mol. The van der Waals surface area contributed by atoms with Crippen molar-refractivity contribution in [1.82, 2.24) is 0 Å². The summed E-state index contributed by atoms with van der Waals surface area (Å²) in [5, 5.41) is 9.33. The molecule has 1 atom stereocenters. The third kappa shape index (κ3) is 4.04. The Hall–Kier alpha value is -3.07. The van der Waals surface area contributed by atoms with Crippen molar-refractivity contribution in [2.24, 2.45) is 0 Å². The SMILES string of the molecule is COc1ccc(C(c2ccc(C(=O)O)cc2)c2ccc3c(c2)C(C)(C)CCC3(C)C)cc1. The Morgan fingerprint density at radius 3 is 1.81 bits per heavy atom. The van der Waals surface area contributed by atoms with Crippen molar-refractivity contribution < 1.29 is 14.6 Å². The Kier molecular flexibility index (Phi) is 5.62. The maximum Gasteiger partial charge on any atom is 0.335 e. The summed E-state index contributed by atoms with van der Waals surface area (Å²) in [4.78, 5) is 11.4. The third-order valence-corrected chi connectivity index (χ3v) is 7.15. The van der Waals surface area contributed by atoms with Crippen molar-refractivity contribution in [3.63, 3.8) is 0 Å². The van der Waals surface area contributed by atoms with Crippen LogP contribution in [0.1, 0.15) is 84.6 Å². The van der Waals surface area contributed by atoms with Crippen LogP contribution in [-0.2, 0) is 10.8 Å². The molecule has 166 valence electrons. The van der Waals surface area contributed by atoms with Crippen LogP contribution in [0.2, 0.25) is 0 Å². The van der Waals surface area contributed by atoms with E-state index in [1.165, 1.54) is 23.1 Å². The molecule has 0 aromatic heterocycles. The Bertz CT molecular complexity index is 1120. The lowest BCUT2D eigenvalue weighted by atomic mass is 9.62. The van der Waals surface area contributed by atoms with Gasteiger partial charge in [0, 0.05) is 5.92 Å². The first-order valence-electron chi connectivity index (χ1n) is 11.2. The quantitative estimate of drug-likeness (QED) is 0.449. The van der Waals surface area contributed by atoms with Crippen molar-refractivity contribution in [1.29, 1.82) is 0 Å². The second kappa shape index (κ2) is 8.12. The van der Waals surface area contributed by atoms with Crippen LogP contribution >= 0.6 is 0 Å². The van der Waals surface area contributed by atoms with E-state index in [1.807, 2.05) is 24.3 Å². The molecule has 0 spiro atoms. The fourth-order valence-corrected chi connectivity index (χ4v) is 4.98. The highest BCUT2D eigenvalue weighted by Gasteiger charge is 2.37. The fourth-order valence-electron chi connectivity index (χ4n) is 4.98. The van der Waals surface area contributed by atoms with Gasteiger partial charge in [-0.25, -0.2) is 4.79 Å². The van der Waals surface area contributed by atoms with E-state index in [1.54, 1.807) is 19.2 Å². The number of hydrogen-bond acceptors (Lipinski definition) is 2. The van der Waals surface area contributed by atoms with Crippen LogP contribution < -0.4 is 4.74 Å². The molecular weight excluding hydrogens is 396 g/mol. The second-order valence-corrected chi connectivity index (χ2v) is 10.2. The molecule has 0 amide bonds. The lowest BCUT2D eigenvalue weighted by Crippen LogP contribution is -2.34. The zero-order chi connectivity index (χ0) is 23.1. The van der Waals surface area contributed by atoms with Crippen LogP contribution in [-0.4, -0.2) is 18.2 Å². The van der Waals surface area contributed by atoms with E-state index in [0.29, 0.717) is 5.56 Å². The second-order valence-electron chi connectivity index (χ2n) is 10.2. The summed E-state index contributed by atoms with van der Waals surface area (Å²) < 4.78 is 5.36. The fraction of sp³-hybridized carbons (Fsp3) is 0.345. The van der Waals surface area contributed by atoms with Gasteiger partial charge in [-0.3, -0.25) is 0 Å². The summed E-state index contributed by atoms with van der Waals surface area (Å²) >= 11 is 0. The van der Waals surface area contributed by atoms with Gasteiger partial charge < -0.3 is 9.84 Å². The van der Waals surface area contributed by atoms with Gasteiger partial charge in [0.2, 0.25) is 0 Å². The summed E-state index contributed by atoms with van der Waals surface area (Å²) in [7, 11) is 1.67. The molecule has 3 aromatic rings. The van der Waals surface area contributed by atoms with Gasteiger partial charge in [-0.15, -0.1) is 0 Å². The number of fused-ring (bicyclic) bond motifs is 1. The van der Waals surface area contributed by atoms with E-state index in [-0.39, 0.29) is 16.7 Å². The minimum absolute atomic E-state index is 0.00916. The van der Waals surface area contributed by atoms with Crippen LogP contribution in [0.25, 0.3) is 0 Å². The van der Waals surface area contributed by atoms with E-state index in [9.17, 15) is 9.90 Å². The van der Waals surface area contributed by atoms with Gasteiger partial charge in [0.25, 0.3) is 0 Å². The zero-order valence-corrected chi connectivity index (χ0v) is 19.6. The predicted octanol–water partition coefficient (Wildman–Crippen LogP) is 6.92. The molecule has 0 saturated heterocycles.